The van der Waals surface area contributed by atoms with Gasteiger partial charge in [0, 0.05) is 0 Å². The van der Waals surface area contributed by atoms with Crippen LogP contribution in [0.3, 0.4) is 0 Å². The standard InChI is InChI=1S/C14H21NO2/c1-4-17-14(16)10-15-8-7-13-6-5-11(2)12(3)9-13/h5-6,9,15H,4,7-8,10H2,1-3H3. The van der Waals surface area contributed by atoms with E-state index in [2.05, 4.69) is 37.4 Å². The molecule has 0 bridgehead atoms. The number of carbonyl (C=O) groups is 1. The first-order valence-corrected chi connectivity index (χ1v) is 6.06. The Bertz CT molecular complexity index is 374. The van der Waals surface area contributed by atoms with Gasteiger partial charge in [0.15, 0.2) is 0 Å². The molecule has 0 aromatic heterocycles. The SMILES string of the molecule is CCOC(=O)CNCCc1ccc(C)c(C)c1. The Morgan fingerprint density at radius 3 is 2.71 bits per heavy atom. The minimum absolute atomic E-state index is 0.187. The van der Waals surface area contributed by atoms with E-state index >= 15 is 0 Å². The summed E-state index contributed by atoms with van der Waals surface area (Å²) in [6.45, 7) is 7.56. The fourth-order valence-electron chi connectivity index (χ4n) is 1.59. The van der Waals surface area contributed by atoms with Crippen LogP contribution in [0.25, 0.3) is 0 Å². The van der Waals surface area contributed by atoms with Crippen molar-refractivity contribution in [1.82, 2.24) is 5.32 Å². The van der Waals surface area contributed by atoms with Crippen LogP contribution in [-0.2, 0) is 16.0 Å². The van der Waals surface area contributed by atoms with Crippen molar-refractivity contribution >= 4 is 5.97 Å². The number of ether oxygens (including phenoxy) is 1. The van der Waals surface area contributed by atoms with Gasteiger partial charge in [-0.2, -0.15) is 0 Å². The molecule has 0 aliphatic carbocycles. The molecular weight excluding hydrogens is 214 g/mol. The quantitative estimate of drug-likeness (QED) is 0.605. The second kappa shape index (κ2) is 7.07. The molecule has 94 valence electrons. The van der Waals surface area contributed by atoms with Crippen molar-refractivity contribution in [3.8, 4) is 0 Å². The molecule has 0 fully saturated rings. The average Bonchev–Trinajstić information content (AvgIpc) is 2.29. The van der Waals surface area contributed by atoms with Gasteiger partial charge in [0.05, 0.1) is 13.2 Å². The average molecular weight is 235 g/mol. The van der Waals surface area contributed by atoms with Gasteiger partial charge in [-0.1, -0.05) is 18.2 Å². The molecule has 0 saturated carbocycles. The fourth-order valence-corrected chi connectivity index (χ4v) is 1.59. The minimum atomic E-state index is -0.187. The number of hydrogen-bond acceptors (Lipinski definition) is 3. The van der Waals surface area contributed by atoms with Crippen molar-refractivity contribution in [2.24, 2.45) is 0 Å². The van der Waals surface area contributed by atoms with Gasteiger partial charge in [-0.25, -0.2) is 0 Å². The maximum absolute atomic E-state index is 11.1. The molecule has 0 radical (unpaired) electrons. The van der Waals surface area contributed by atoms with Crippen LogP contribution < -0.4 is 5.32 Å². The van der Waals surface area contributed by atoms with E-state index in [0.29, 0.717) is 13.2 Å². The lowest BCUT2D eigenvalue weighted by Gasteiger charge is -2.06. The van der Waals surface area contributed by atoms with Crippen molar-refractivity contribution < 1.29 is 9.53 Å². The molecule has 0 saturated heterocycles. The van der Waals surface area contributed by atoms with Crippen molar-refractivity contribution in [3.05, 3.63) is 34.9 Å². The highest BCUT2D eigenvalue weighted by Crippen LogP contribution is 2.09. The maximum Gasteiger partial charge on any atom is 0.319 e. The number of benzene rings is 1. The molecule has 1 aromatic rings. The van der Waals surface area contributed by atoms with E-state index in [-0.39, 0.29) is 5.97 Å². The third-order valence-corrected chi connectivity index (χ3v) is 2.74. The number of esters is 1. The van der Waals surface area contributed by atoms with E-state index < -0.39 is 0 Å². The molecule has 0 atom stereocenters. The van der Waals surface area contributed by atoms with Crippen LogP contribution >= 0.6 is 0 Å². The predicted molar refractivity (Wildman–Crippen MR) is 69.1 cm³/mol. The maximum atomic E-state index is 11.1. The van der Waals surface area contributed by atoms with Crippen LogP contribution in [0.1, 0.15) is 23.6 Å². The number of hydrogen-bond donors (Lipinski definition) is 1. The number of nitrogens with one attached hydrogen (secondary N) is 1. The van der Waals surface area contributed by atoms with Gasteiger partial charge in [-0.3, -0.25) is 4.79 Å². The van der Waals surface area contributed by atoms with Crippen LogP contribution in [0.4, 0.5) is 0 Å². The molecule has 0 aliphatic heterocycles. The van der Waals surface area contributed by atoms with Crippen molar-refractivity contribution in [2.45, 2.75) is 27.2 Å². The molecule has 1 rings (SSSR count). The molecule has 0 amide bonds. The Balaban J connectivity index is 2.26. The fraction of sp³-hybridized carbons (Fsp3) is 0.500. The zero-order valence-electron chi connectivity index (χ0n) is 10.9. The monoisotopic (exact) mass is 235 g/mol. The van der Waals surface area contributed by atoms with Crippen LogP contribution in [0, 0.1) is 13.8 Å². The molecule has 17 heavy (non-hydrogen) atoms. The number of carbonyl (C=O) groups excluding carboxylic acids is 1. The Labute approximate surface area is 103 Å². The smallest absolute Gasteiger partial charge is 0.319 e. The molecular formula is C14H21NO2. The first-order chi connectivity index (χ1) is 8.13. The Morgan fingerprint density at radius 2 is 2.06 bits per heavy atom. The van der Waals surface area contributed by atoms with Gasteiger partial charge in [0.2, 0.25) is 0 Å². The van der Waals surface area contributed by atoms with Crippen molar-refractivity contribution in [2.75, 3.05) is 19.7 Å². The lowest BCUT2D eigenvalue weighted by Crippen LogP contribution is -2.26. The molecule has 0 unspecified atom stereocenters. The summed E-state index contributed by atoms with van der Waals surface area (Å²) in [6.07, 6.45) is 0.931. The van der Waals surface area contributed by atoms with Gasteiger partial charge in [-0.05, 0) is 50.4 Å². The summed E-state index contributed by atoms with van der Waals surface area (Å²) in [5.41, 5.74) is 3.92. The highest BCUT2D eigenvalue weighted by molar-refractivity contribution is 5.71. The van der Waals surface area contributed by atoms with E-state index in [1.54, 1.807) is 0 Å². The van der Waals surface area contributed by atoms with E-state index in [1.165, 1.54) is 16.7 Å². The highest BCUT2D eigenvalue weighted by atomic mass is 16.5. The van der Waals surface area contributed by atoms with Crippen LogP contribution in [0.5, 0.6) is 0 Å². The predicted octanol–water partition coefficient (Wildman–Crippen LogP) is 2.00. The molecule has 3 heteroatoms. The lowest BCUT2D eigenvalue weighted by molar-refractivity contribution is -0.141. The topological polar surface area (TPSA) is 38.3 Å². The summed E-state index contributed by atoms with van der Waals surface area (Å²) in [5.74, 6) is -0.187. The zero-order chi connectivity index (χ0) is 12.7. The van der Waals surface area contributed by atoms with Gasteiger partial charge in [-0.15, -0.1) is 0 Å². The highest BCUT2D eigenvalue weighted by Gasteiger charge is 2.00. The van der Waals surface area contributed by atoms with Crippen molar-refractivity contribution in [3.63, 3.8) is 0 Å². The summed E-state index contributed by atoms with van der Waals surface area (Å²) in [6, 6.07) is 6.46. The van der Waals surface area contributed by atoms with Crippen LogP contribution in [0.15, 0.2) is 18.2 Å². The Kier molecular flexibility index (Phi) is 5.70. The summed E-state index contributed by atoms with van der Waals surface area (Å²) >= 11 is 0. The molecule has 0 aliphatic rings. The van der Waals surface area contributed by atoms with E-state index in [1.807, 2.05) is 6.92 Å². The summed E-state index contributed by atoms with van der Waals surface area (Å²) in [4.78, 5) is 11.1. The van der Waals surface area contributed by atoms with Crippen molar-refractivity contribution in [1.29, 1.82) is 0 Å². The Hall–Kier alpha value is -1.35. The zero-order valence-corrected chi connectivity index (χ0v) is 10.9. The lowest BCUT2D eigenvalue weighted by atomic mass is 10.0. The van der Waals surface area contributed by atoms with E-state index in [9.17, 15) is 4.79 Å². The number of aryl methyl sites for hydroxylation is 2. The second-order valence-corrected chi connectivity index (χ2v) is 4.15. The summed E-state index contributed by atoms with van der Waals surface area (Å²) in [7, 11) is 0. The van der Waals surface area contributed by atoms with E-state index in [4.69, 9.17) is 4.74 Å². The largest absolute Gasteiger partial charge is 0.465 e. The second-order valence-electron chi connectivity index (χ2n) is 4.15. The molecule has 0 heterocycles. The Morgan fingerprint density at radius 1 is 1.29 bits per heavy atom. The van der Waals surface area contributed by atoms with E-state index in [0.717, 1.165) is 13.0 Å². The summed E-state index contributed by atoms with van der Waals surface area (Å²) < 4.78 is 4.83. The van der Waals surface area contributed by atoms with Gasteiger partial charge in [0.1, 0.15) is 0 Å². The summed E-state index contributed by atoms with van der Waals surface area (Å²) in [5, 5.41) is 3.08. The molecule has 0 spiro atoms. The van der Waals surface area contributed by atoms with Gasteiger partial charge >= 0.3 is 5.97 Å². The van der Waals surface area contributed by atoms with Gasteiger partial charge in [0.25, 0.3) is 0 Å². The van der Waals surface area contributed by atoms with Gasteiger partial charge < -0.3 is 10.1 Å². The van der Waals surface area contributed by atoms with Crippen LogP contribution in [0.2, 0.25) is 0 Å². The number of rotatable bonds is 6. The molecule has 1 N–H and O–H groups in total. The molecule has 3 nitrogen and oxygen atoms in total. The first kappa shape index (κ1) is 13.7. The van der Waals surface area contributed by atoms with Crippen LogP contribution in [-0.4, -0.2) is 25.7 Å². The molecule has 1 aromatic carbocycles. The minimum Gasteiger partial charge on any atom is -0.465 e. The third-order valence-electron chi connectivity index (χ3n) is 2.74. The normalized spacial score (nSPS) is 10.3. The third kappa shape index (κ3) is 5.00. The first-order valence-electron chi connectivity index (χ1n) is 6.06.